The van der Waals surface area contributed by atoms with Gasteiger partial charge >= 0.3 is 0 Å². The second-order valence-electron chi connectivity index (χ2n) is 8.11. The number of aromatic nitrogens is 4. The van der Waals surface area contributed by atoms with Crippen LogP contribution in [0.25, 0.3) is 12.2 Å². The van der Waals surface area contributed by atoms with Crippen LogP contribution in [0.1, 0.15) is 46.3 Å². The van der Waals surface area contributed by atoms with Crippen molar-refractivity contribution in [3.05, 3.63) is 75.9 Å². The predicted octanol–water partition coefficient (Wildman–Crippen LogP) is 5.54. The highest BCUT2D eigenvalue weighted by molar-refractivity contribution is 7.99. The van der Waals surface area contributed by atoms with E-state index in [4.69, 9.17) is 9.40 Å². The Labute approximate surface area is 206 Å². The van der Waals surface area contributed by atoms with Crippen LogP contribution in [0.15, 0.2) is 52.0 Å². The van der Waals surface area contributed by atoms with Crippen molar-refractivity contribution in [1.29, 1.82) is 0 Å². The summed E-state index contributed by atoms with van der Waals surface area (Å²) in [6, 6.07) is 13.8. The number of aromatic amines is 1. The molecule has 7 nitrogen and oxygen atoms in total. The Morgan fingerprint density at radius 3 is 2.79 bits per heavy atom. The van der Waals surface area contributed by atoms with Crippen molar-refractivity contribution in [3.8, 4) is 0 Å². The first-order chi connectivity index (χ1) is 16.6. The number of furan rings is 1. The number of hydrogen-bond acceptors (Lipinski definition) is 7. The molecule has 3 aromatic heterocycles. The average molecular weight is 492 g/mol. The van der Waals surface area contributed by atoms with Gasteiger partial charge in [-0.2, -0.15) is 0 Å². The summed E-state index contributed by atoms with van der Waals surface area (Å²) in [5, 5.41) is 8.45. The first-order valence-corrected chi connectivity index (χ1v) is 13.1. The summed E-state index contributed by atoms with van der Waals surface area (Å²) in [6.07, 6.45) is 8.05. The van der Waals surface area contributed by atoms with E-state index in [1.165, 1.54) is 29.5 Å². The lowest BCUT2D eigenvalue weighted by molar-refractivity contribution is -0.116. The summed E-state index contributed by atoms with van der Waals surface area (Å²) in [5.74, 6) is 2.44. The summed E-state index contributed by atoms with van der Waals surface area (Å²) in [4.78, 5) is 25.8. The van der Waals surface area contributed by atoms with E-state index in [1.807, 2.05) is 55.5 Å². The minimum Gasteiger partial charge on any atom is -0.462 e. The molecule has 4 aromatic rings. The Morgan fingerprint density at radius 2 is 2.00 bits per heavy atom. The van der Waals surface area contributed by atoms with Crippen LogP contribution in [-0.2, 0) is 24.2 Å². The van der Waals surface area contributed by atoms with Crippen LogP contribution >= 0.6 is 23.1 Å². The van der Waals surface area contributed by atoms with E-state index in [0.29, 0.717) is 17.5 Å². The van der Waals surface area contributed by atoms with E-state index in [2.05, 4.69) is 15.2 Å². The third-order valence-corrected chi connectivity index (χ3v) is 7.54. The van der Waals surface area contributed by atoms with Gasteiger partial charge in [0.1, 0.15) is 17.3 Å². The zero-order chi connectivity index (χ0) is 23.3. The number of thioether (sulfide) groups is 1. The molecule has 0 atom stereocenters. The molecule has 0 bridgehead atoms. The number of nitrogens with zero attached hydrogens (tertiary/aromatic N) is 4. The highest BCUT2D eigenvalue weighted by Gasteiger charge is 2.24. The van der Waals surface area contributed by atoms with Gasteiger partial charge in [-0.05, 0) is 62.5 Å². The van der Waals surface area contributed by atoms with Crippen molar-refractivity contribution in [1.82, 2.24) is 20.2 Å². The molecule has 0 spiro atoms. The molecule has 174 valence electrons. The fraction of sp³-hybridized carbons (Fsp3) is 0.280. The number of hydrogen-bond donors (Lipinski definition) is 1. The van der Waals surface area contributed by atoms with E-state index in [-0.39, 0.29) is 11.7 Å². The van der Waals surface area contributed by atoms with E-state index in [9.17, 15) is 4.79 Å². The van der Waals surface area contributed by atoms with E-state index in [1.54, 1.807) is 22.3 Å². The molecule has 3 heterocycles. The molecule has 1 aliphatic rings. The van der Waals surface area contributed by atoms with Gasteiger partial charge in [-0.15, -0.1) is 16.4 Å². The number of thiazole rings is 1. The lowest BCUT2D eigenvalue weighted by Crippen LogP contribution is -2.32. The number of fused-ring (bicyclic) bond motifs is 1. The van der Waals surface area contributed by atoms with E-state index in [0.717, 1.165) is 40.8 Å². The van der Waals surface area contributed by atoms with Crippen LogP contribution in [0, 0.1) is 6.92 Å². The van der Waals surface area contributed by atoms with E-state index >= 15 is 0 Å². The summed E-state index contributed by atoms with van der Waals surface area (Å²) in [7, 11) is 0. The number of aryl methyl sites for hydroxylation is 3. The zero-order valence-electron chi connectivity index (χ0n) is 18.9. The van der Waals surface area contributed by atoms with Gasteiger partial charge in [0.25, 0.3) is 0 Å². The lowest BCUT2D eigenvalue weighted by atomic mass is 10.0. The SMILES string of the molecule is Cc1ccc(/C=C/c2nc(SCC(=O)N(Cc3ccccc3)c3nc4c(s3)CCCC4)n[nH]2)o1. The number of nitrogens with one attached hydrogen (secondary N) is 1. The van der Waals surface area contributed by atoms with Crippen LogP contribution in [0.3, 0.4) is 0 Å². The largest absolute Gasteiger partial charge is 0.462 e. The highest BCUT2D eigenvalue weighted by atomic mass is 32.2. The molecule has 1 aliphatic carbocycles. The minimum absolute atomic E-state index is 0.00657. The monoisotopic (exact) mass is 491 g/mol. The van der Waals surface area contributed by atoms with Crippen LogP contribution in [0.4, 0.5) is 5.13 Å². The van der Waals surface area contributed by atoms with Gasteiger partial charge in [0, 0.05) is 4.88 Å². The topological polar surface area (TPSA) is 87.9 Å². The normalized spacial score (nSPS) is 13.3. The minimum atomic E-state index is -0.00657. The van der Waals surface area contributed by atoms with Gasteiger partial charge < -0.3 is 4.42 Å². The first-order valence-electron chi connectivity index (χ1n) is 11.3. The fourth-order valence-corrected chi connectivity index (χ4v) is 5.63. The number of amides is 1. The summed E-state index contributed by atoms with van der Waals surface area (Å²) in [5.41, 5.74) is 2.23. The number of carbonyl (C=O) groups is 1. The van der Waals surface area contributed by atoms with Gasteiger partial charge in [0.05, 0.1) is 18.0 Å². The number of carbonyl (C=O) groups excluding carboxylic acids is 1. The number of benzene rings is 1. The fourth-order valence-electron chi connectivity index (χ4n) is 3.79. The quantitative estimate of drug-likeness (QED) is 0.326. The summed E-state index contributed by atoms with van der Waals surface area (Å²) in [6.45, 7) is 2.40. The average Bonchev–Trinajstić information content (AvgIpc) is 3.59. The van der Waals surface area contributed by atoms with Crippen molar-refractivity contribution in [3.63, 3.8) is 0 Å². The molecule has 9 heteroatoms. The smallest absolute Gasteiger partial charge is 0.239 e. The molecule has 1 aromatic carbocycles. The van der Waals surface area contributed by atoms with Crippen molar-refractivity contribution in [2.45, 2.75) is 44.3 Å². The molecular weight excluding hydrogens is 466 g/mol. The third-order valence-electron chi connectivity index (χ3n) is 5.52. The molecule has 0 aliphatic heterocycles. The maximum atomic E-state index is 13.3. The van der Waals surface area contributed by atoms with Gasteiger partial charge in [0.15, 0.2) is 5.13 Å². The standard InChI is InChI=1S/C25H25N5O2S2/c1-17-11-12-19(32-17)13-14-22-27-24(29-28-22)33-16-23(31)30(15-18-7-3-2-4-8-18)25-26-20-9-5-6-10-21(20)34-25/h2-4,7-8,11-14H,5-6,9-10,15-16H2,1H3,(H,27,28,29)/b14-13+. The Bertz CT molecular complexity index is 1270. The second kappa shape index (κ2) is 10.4. The molecule has 0 radical (unpaired) electrons. The molecule has 0 saturated heterocycles. The first kappa shape index (κ1) is 22.6. The van der Waals surface area contributed by atoms with Gasteiger partial charge in [-0.1, -0.05) is 42.1 Å². The van der Waals surface area contributed by atoms with Crippen molar-refractivity contribution in [2.24, 2.45) is 0 Å². The Kier molecular flexibility index (Phi) is 6.92. The van der Waals surface area contributed by atoms with Crippen molar-refractivity contribution < 1.29 is 9.21 Å². The van der Waals surface area contributed by atoms with Crippen LogP contribution in [0.5, 0.6) is 0 Å². The Hall–Kier alpha value is -3.17. The van der Waals surface area contributed by atoms with Gasteiger partial charge in [-0.3, -0.25) is 14.8 Å². The molecular formula is C25H25N5O2S2. The van der Waals surface area contributed by atoms with Crippen molar-refractivity contribution >= 4 is 46.3 Å². The summed E-state index contributed by atoms with van der Waals surface area (Å²) >= 11 is 2.97. The second-order valence-corrected chi connectivity index (χ2v) is 10.1. The van der Waals surface area contributed by atoms with Crippen molar-refractivity contribution in [2.75, 3.05) is 10.7 Å². The van der Waals surface area contributed by atoms with E-state index < -0.39 is 0 Å². The zero-order valence-corrected chi connectivity index (χ0v) is 20.5. The number of anilines is 1. The van der Waals surface area contributed by atoms with Crippen LogP contribution < -0.4 is 4.90 Å². The van der Waals surface area contributed by atoms with Crippen LogP contribution in [-0.4, -0.2) is 31.8 Å². The molecule has 1 N–H and O–H groups in total. The molecule has 0 saturated carbocycles. The third kappa shape index (κ3) is 5.48. The highest BCUT2D eigenvalue weighted by Crippen LogP contribution is 2.33. The van der Waals surface area contributed by atoms with Gasteiger partial charge in [0.2, 0.25) is 11.1 Å². The van der Waals surface area contributed by atoms with Gasteiger partial charge in [-0.25, -0.2) is 9.97 Å². The summed E-state index contributed by atoms with van der Waals surface area (Å²) < 4.78 is 5.53. The molecule has 0 unspecified atom stereocenters. The maximum absolute atomic E-state index is 13.3. The van der Waals surface area contributed by atoms with Crippen LogP contribution in [0.2, 0.25) is 0 Å². The Morgan fingerprint density at radius 1 is 1.15 bits per heavy atom. The lowest BCUT2D eigenvalue weighted by Gasteiger charge is -2.19. The maximum Gasteiger partial charge on any atom is 0.239 e. The molecule has 34 heavy (non-hydrogen) atoms. The predicted molar refractivity (Wildman–Crippen MR) is 136 cm³/mol. The number of H-pyrrole nitrogens is 1. The molecule has 5 rings (SSSR count). The molecule has 1 amide bonds. The molecule has 0 fully saturated rings. The Balaban J connectivity index is 1.27. The number of rotatable bonds is 8.